The molecule has 0 aliphatic carbocycles. The Labute approximate surface area is 85.5 Å². The SMILES string of the molecule is C1COCCO1.CC(=O)OCC(C)C. The molecule has 0 unspecified atom stereocenters. The molecule has 1 rings (SSSR count). The molecule has 1 aliphatic heterocycles. The summed E-state index contributed by atoms with van der Waals surface area (Å²) in [7, 11) is 0. The predicted molar refractivity (Wildman–Crippen MR) is 53.1 cm³/mol. The minimum Gasteiger partial charge on any atom is -0.466 e. The van der Waals surface area contributed by atoms with Gasteiger partial charge in [0.25, 0.3) is 0 Å². The fraction of sp³-hybridized carbons (Fsp3) is 0.900. The largest absolute Gasteiger partial charge is 0.466 e. The summed E-state index contributed by atoms with van der Waals surface area (Å²) >= 11 is 0. The zero-order chi connectivity index (χ0) is 10.8. The van der Waals surface area contributed by atoms with Crippen molar-refractivity contribution in [2.45, 2.75) is 20.8 Å². The molecule has 0 spiro atoms. The summed E-state index contributed by atoms with van der Waals surface area (Å²) < 4.78 is 14.6. The molecule has 4 nitrogen and oxygen atoms in total. The van der Waals surface area contributed by atoms with Crippen LogP contribution in [0.25, 0.3) is 0 Å². The molecule has 1 fully saturated rings. The lowest BCUT2D eigenvalue weighted by Crippen LogP contribution is -2.16. The first-order valence-electron chi connectivity index (χ1n) is 4.91. The molecule has 0 aromatic heterocycles. The van der Waals surface area contributed by atoms with Crippen molar-refractivity contribution in [3.05, 3.63) is 0 Å². The first kappa shape index (κ1) is 13.4. The highest BCUT2D eigenvalue weighted by molar-refractivity contribution is 5.65. The van der Waals surface area contributed by atoms with Gasteiger partial charge in [0.15, 0.2) is 0 Å². The second-order valence-corrected chi connectivity index (χ2v) is 3.42. The van der Waals surface area contributed by atoms with E-state index >= 15 is 0 Å². The van der Waals surface area contributed by atoms with E-state index in [1.807, 2.05) is 13.8 Å². The highest BCUT2D eigenvalue weighted by Gasteiger charge is 1.95. The molecule has 84 valence electrons. The van der Waals surface area contributed by atoms with E-state index in [1.54, 1.807) is 0 Å². The Balaban J connectivity index is 0.000000249. The zero-order valence-corrected chi connectivity index (χ0v) is 9.25. The van der Waals surface area contributed by atoms with E-state index in [0.717, 1.165) is 26.4 Å². The van der Waals surface area contributed by atoms with Gasteiger partial charge in [-0.2, -0.15) is 0 Å². The lowest BCUT2D eigenvalue weighted by atomic mass is 10.2. The number of carbonyl (C=O) groups is 1. The van der Waals surface area contributed by atoms with Gasteiger partial charge in [-0.25, -0.2) is 0 Å². The van der Waals surface area contributed by atoms with E-state index in [-0.39, 0.29) is 5.97 Å². The van der Waals surface area contributed by atoms with Crippen molar-refractivity contribution in [3.63, 3.8) is 0 Å². The van der Waals surface area contributed by atoms with Crippen LogP contribution < -0.4 is 0 Å². The first-order valence-corrected chi connectivity index (χ1v) is 4.91. The summed E-state index contributed by atoms with van der Waals surface area (Å²) in [6, 6.07) is 0. The van der Waals surface area contributed by atoms with Gasteiger partial charge in [-0.05, 0) is 5.92 Å². The summed E-state index contributed by atoms with van der Waals surface area (Å²) in [6.45, 7) is 9.07. The Bertz CT molecular complexity index is 130. The van der Waals surface area contributed by atoms with Gasteiger partial charge in [0.2, 0.25) is 0 Å². The maximum Gasteiger partial charge on any atom is 0.302 e. The summed E-state index contributed by atoms with van der Waals surface area (Å²) in [5, 5.41) is 0. The van der Waals surface area contributed by atoms with E-state index in [1.165, 1.54) is 6.92 Å². The maximum atomic E-state index is 10.1. The number of rotatable bonds is 2. The van der Waals surface area contributed by atoms with E-state index in [2.05, 4.69) is 4.74 Å². The quantitative estimate of drug-likeness (QED) is 0.635. The molecule has 0 N–H and O–H groups in total. The van der Waals surface area contributed by atoms with Crippen molar-refractivity contribution in [1.82, 2.24) is 0 Å². The molecule has 14 heavy (non-hydrogen) atoms. The van der Waals surface area contributed by atoms with Gasteiger partial charge in [-0.15, -0.1) is 0 Å². The van der Waals surface area contributed by atoms with Gasteiger partial charge in [0.05, 0.1) is 33.0 Å². The van der Waals surface area contributed by atoms with Gasteiger partial charge in [-0.1, -0.05) is 13.8 Å². The normalized spacial score (nSPS) is 15.7. The molecule has 1 heterocycles. The smallest absolute Gasteiger partial charge is 0.302 e. The number of esters is 1. The van der Waals surface area contributed by atoms with E-state index in [4.69, 9.17) is 9.47 Å². The molecule has 0 aromatic rings. The van der Waals surface area contributed by atoms with Gasteiger partial charge < -0.3 is 14.2 Å². The van der Waals surface area contributed by atoms with Crippen LogP contribution in [0.5, 0.6) is 0 Å². The van der Waals surface area contributed by atoms with E-state index < -0.39 is 0 Å². The third kappa shape index (κ3) is 11.4. The van der Waals surface area contributed by atoms with Gasteiger partial charge >= 0.3 is 5.97 Å². The monoisotopic (exact) mass is 204 g/mol. The average molecular weight is 204 g/mol. The van der Waals surface area contributed by atoms with Crippen molar-refractivity contribution in [2.75, 3.05) is 33.0 Å². The number of ether oxygens (including phenoxy) is 3. The minimum atomic E-state index is -0.196. The third-order valence-electron chi connectivity index (χ3n) is 1.36. The second kappa shape index (κ2) is 8.97. The van der Waals surface area contributed by atoms with Crippen molar-refractivity contribution < 1.29 is 19.0 Å². The number of hydrogen-bond acceptors (Lipinski definition) is 4. The number of carbonyl (C=O) groups excluding carboxylic acids is 1. The molecule has 0 amide bonds. The van der Waals surface area contributed by atoms with Crippen molar-refractivity contribution in [2.24, 2.45) is 5.92 Å². The van der Waals surface area contributed by atoms with Crippen LogP contribution >= 0.6 is 0 Å². The van der Waals surface area contributed by atoms with Gasteiger partial charge in [-0.3, -0.25) is 4.79 Å². The fourth-order valence-corrected chi connectivity index (χ4v) is 0.724. The molecule has 0 radical (unpaired) electrons. The van der Waals surface area contributed by atoms with Gasteiger partial charge in [0, 0.05) is 6.92 Å². The Hall–Kier alpha value is -0.610. The Morgan fingerprint density at radius 1 is 1.21 bits per heavy atom. The predicted octanol–water partition coefficient (Wildman–Crippen LogP) is 1.24. The highest BCUT2D eigenvalue weighted by Crippen LogP contribution is 1.91. The van der Waals surface area contributed by atoms with Crippen LogP contribution in [0.3, 0.4) is 0 Å². The highest BCUT2D eigenvalue weighted by atomic mass is 16.6. The lowest BCUT2D eigenvalue weighted by molar-refractivity contribution is -0.141. The molecule has 0 atom stereocenters. The summed E-state index contributed by atoms with van der Waals surface area (Å²) in [5.74, 6) is 0.248. The molecule has 0 saturated carbocycles. The summed E-state index contributed by atoms with van der Waals surface area (Å²) in [6.07, 6.45) is 0. The molecular weight excluding hydrogens is 184 g/mol. The summed E-state index contributed by atoms with van der Waals surface area (Å²) in [4.78, 5) is 10.1. The van der Waals surface area contributed by atoms with Crippen LogP contribution in [-0.4, -0.2) is 39.0 Å². The van der Waals surface area contributed by atoms with Crippen LogP contribution in [0.1, 0.15) is 20.8 Å². The summed E-state index contributed by atoms with van der Waals surface area (Å²) in [5.41, 5.74) is 0. The second-order valence-electron chi connectivity index (χ2n) is 3.42. The minimum absolute atomic E-state index is 0.196. The molecule has 4 heteroatoms. The van der Waals surface area contributed by atoms with Crippen molar-refractivity contribution in [3.8, 4) is 0 Å². The van der Waals surface area contributed by atoms with Crippen LogP contribution in [-0.2, 0) is 19.0 Å². The van der Waals surface area contributed by atoms with Crippen molar-refractivity contribution in [1.29, 1.82) is 0 Å². The molecule has 0 bridgehead atoms. The fourth-order valence-electron chi connectivity index (χ4n) is 0.724. The van der Waals surface area contributed by atoms with Gasteiger partial charge in [0.1, 0.15) is 0 Å². The van der Waals surface area contributed by atoms with Crippen molar-refractivity contribution >= 4 is 5.97 Å². The van der Waals surface area contributed by atoms with E-state index in [9.17, 15) is 4.79 Å². The number of hydrogen-bond donors (Lipinski definition) is 0. The van der Waals surface area contributed by atoms with Crippen LogP contribution in [0.15, 0.2) is 0 Å². The standard InChI is InChI=1S/C6H12O2.C4H8O2/c1-5(2)4-8-6(3)7;1-2-6-4-3-5-1/h5H,4H2,1-3H3;1-4H2. The molecule has 1 aliphatic rings. The maximum absolute atomic E-state index is 10.1. The average Bonchev–Trinajstić information content (AvgIpc) is 2.18. The Kier molecular flexibility index (Phi) is 8.57. The Morgan fingerprint density at radius 2 is 1.64 bits per heavy atom. The topological polar surface area (TPSA) is 44.8 Å². The lowest BCUT2D eigenvalue weighted by Gasteiger charge is -2.09. The zero-order valence-electron chi connectivity index (χ0n) is 9.25. The first-order chi connectivity index (χ1) is 6.63. The molecular formula is C10H20O4. The molecule has 1 saturated heterocycles. The Morgan fingerprint density at radius 3 is 1.79 bits per heavy atom. The van der Waals surface area contributed by atoms with E-state index in [0.29, 0.717) is 12.5 Å². The van der Waals surface area contributed by atoms with Crippen LogP contribution in [0.4, 0.5) is 0 Å². The molecule has 0 aromatic carbocycles. The van der Waals surface area contributed by atoms with Crippen LogP contribution in [0, 0.1) is 5.92 Å². The van der Waals surface area contributed by atoms with Crippen LogP contribution in [0.2, 0.25) is 0 Å². The third-order valence-corrected chi connectivity index (χ3v) is 1.36.